The van der Waals surface area contributed by atoms with Gasteiger partial charge in [0.05, 0.1) is 0 Å². The maximum atomic E-state index is 5.52. The average Bonchev–Trinajstić information content (AvgIpc) is 2.30. The molecule has 4 nitrogen and oxygen atoms in total. The van der Waals surface area contributed by atoms with Crippen LogP contribution in [0.3, 0.4) is 0 Å². The van der Waals surface area contributed by atoms with Crippen LogP contribution in [0.25, 0.3) is 0 Å². The molecular formula is C12H14N4. The zero-order valence-electron chi connectivity index (χ0n) is 9.14. The lowest BCUT2D eigenvalue weighted by molar-refractivity contribution is 1.13. The first-order valence-electron chi connectivity index (χ1n) is 5.23. The highest BCUT2D eigenvalue weighted by Gasteiger charge is 2.01. The van der Waals surface area contributed by atoms with Gasteiger partial charge in [-0.1, -0.05) is 25.1 Å². The normalized spacial score (nSPS) is 10.1. The summed E-state index contributed by atoms with van der Waals surface area (Å²) in [6, 6.07) is 9.93. The van der Waals surface area contributed by atoms with Crippen LogP contribution in [-0.4, -0.2) is 9.97 Å². The molecule has 1 aromatic carbocycles. The maximum absolute atomic E-state index is 5.52. The Balaban J connectivity index is 2.26. The van der Waals surface area contributed by atoms with Gasteiger partial charge in [-0.2, -0.15) is 4.98 Å². The van der Waals surface area contributed by atoms with E-state index in [1.807, 2.05) is 18.2 Å². The molecule has 82 valence electrons. The van der Waals surface area contributed by atoms with Crippen LogP contribution in [0.4, 0.5) is 17.5 Å². The molecule has 0 aliphatic carbocycles. The SMILES string of the molecule is CCc1ccccc1Nc1ccnc(N)n1. The van der Waals surface area contributed by atoms with Gasteiger partial charge in [0.25, 0.3) is 0 Å². The fraction of sp³-hybridized carbons (Fsp3) is 0.167. The summed E-state index contributed by atoms with van der Waals surface area (Å²) in [6.07, 6.45) is 2.61. The van der Waals surface area contributed by atoms with E-state index >= 15 is 0 Å². The van der Waals surface area contributed by atoms with Crippen LogP contribution in [0, 0.1) is 0 Å². The number of anilines is 3. The van der Waals surface area contributed by atoms with Crippen molar-refractivity contribution >= 4 is 17.5 Å². The Morgan fingerprint density at radius 1 is 1.25 bits per heavy atom. The van der Waals surface area contributed by atoms with E-state index < -0.39 is 0 Å². The molecule has 3 N–H and O–H groups in total. The number of hydrogen-bond acceptors (Lipinski definition) is 4. The lowest BCUT2D eigenvalue weighted by Crippen LogP contribution is -2.00. The second kappa shape index (κ2) is 4.61. The predicted molar refractivity (Wildman–Crippen MR) is 65.5 cm³/mol. The van der Waals surface area contributed by atoms with Gasteiger partial charge in [0.1, 0.15) is 5.82 Å². The third-order valence-corrected chi connectivity index (χ3v) is 2.34. The lowest BCUT2D eigenvalue weighted by atomic mass is 10.1. The van der Waals surface area contributed by atoms with E-state index in [1.54, 1.807) is 12.3 Å². The van der Waals surface area contributed by atoms with Crippen LogP contribution in [0.5, 0.6) is 0 Å². The van der Waals surface area contributed by atoms with Crippen LogP contribution < -0.4 is 11.1 Å². The molecule has 0 bridgehead atoms. The number of nitrogen functional groups attached to an aromatic ring is 1. The molecule has 1 aromatic heterocycles. The predicted octanol–water partition coefficient (Wildman–Crippen LogP) is 2.36. The molecule has 0 amide bonds. The Bertz CT molecular complexity index is 482. The van der Waals surface area contributed by atoms with Gasteiger partial charge in [-0.25, -0.2) is 4.98 Å². The highest BCUT2D eigenvalue weighted by atomic mass is 15.1. The van der Waals surface area contributed by atoms with Crippen molar-refractivity contribution in [1.29, 1.82) is 0 Å². The molecule has 0 saturated heterocycles. The molecule has 0 fully saturated rings. The summed E-state index contributed by atoms with van der Waals surface area (Å²) >= 11 is 0. The zero-order valence-corrected chi connectivity index (χ0v) is 9.14. The summed E-state index contributed by atoms with van der Waals surface area (Å²) < 4.78 is 0. The van der Waals surface area contributed by atoms with Crippen LogP contribution in [0.15, 0.2) is 36.5 Å². The molecule has 2 rings (SSSR count). The Morgan fingerprint density at radius 3 is 2.81 bits per heavy atom. The van der Waals surface area contributed by atoms with E-state index in [0.717, 1.165) is 12.1 Å². The number of aromatic nitrogens is 2. The number of rotatable bonds is 3. The lowest BCUT2D eigenvalue weighted by Gasteiger charge is -2.09. The molecule has 0 unspecified atom stereocenters. The van der Waals surface area contributed by atoms with Crippen LogP contribution in [0.1, 0.15) is 12.5 Å². The van der Waals surface area contributed by atoms with Crippen LogP contribution >= 0.6 is 0 Å². The van der Waals surface area contributed by atoms with Gasteiger partial charge in [0.15, 0.2) is 0 Å². The topological polar surface area (TPSA) is 63.8 Å². The average molecular weight is 214 g/mol. The van der Waals surface area contributed by atoms with Crippen molar-refractivity contribution in [3.8, 4) is 0 Å². The van der Waals surface area contributed by atoms with Crippen molar-refractivity contribution in [2.24, 2.45) is 0 Å². The number of nitrogens with two attached hydrogens (primary N) is 1. The van der Waals surface area contributed by atoms with Crippen molar-refractivity contribution in [2.45, 2.75) is 13.3 Å². The Hall–Kier alpha value is -2.10. The van der Waals surface area contributed by atoms with E-state index in [9.17, 15) is 0 Å². The third-order valence-electron chi connectivity index (χ3n) is 2.34. The first kappa shape index (κ1) is 10.4. The van der Waals surface area contributed by atoms with Gasteiger partial charge in [0, 0.05) is 11.9 Å². The van der Waals surface area contributed by atoms with E-state index in [1.165, 1.54) is 5.56 Å². The smallest absolute Gasteiger partial charge is 0.221 e. The van der Waals surface area contributed by atoms with Crippen LogP contribution in [0.2, 0.25) is 0 Å². The summed E-state index contributed by atoms with van der Waals surface area (Å²) in [5.41, 5.74) is 7.83. The minimum absolute atomic E-state index is 0.277. The number of benzene rings is 1. The molecule has 4 heteroatoms. The minimum atomic E-state index is 0.277. The summed E-state index contributed by atoms with van der Waals surface area (Å²) in [5, 5.41) is 3.23. The number of nitrogens with zero attached hydrogens (tertiary/aromatic N) is 2. The number of hydrogen-bond donors (Lipinski definition) is 2. The monoisotopic (exact) mass is 214 g/mol. The molecule has 1 heterocycles. The quantitative estimate of drug-likeness (QED) is 0.823. The Labute approximate surface area is 94.5 Å². The second-order valence-corrected chi connectivity index (χ2v) is 3.44. The van der Waals surface area contributed by atoms with Crippen LogP contribution in [-0.2, 0) is 6.42 Å². The van der Waals surface area contributed by atoms with Gasteiger partial charge in [-0.15, -0.1) is 0 Å². The fourth-order valence-corrected chi connectivity index (χ4v) is 1.53. The highest BCUT2D eigenvalue weighted by molar-refractivity contribution is 5.60. The molecule has 0 aliphatic heterocycles. The van der Waals surface area contributed by atoms with E-state index in [0.29, 0.717) is 5.82 Å². The number of nitrogens with one attached hydrogen (secondary N) is 1. The minimum Gasteiger partial charge on any atom is -0.368 e. The van der Waals surface area contributed by atoms with Crippen molar-refractivity contribution in [2.75, 3.05) is 11.1 Å². The summed E-state index contributed by atoms with van der Waals surface area (Å²) in [6.45, 7) is 2.12. The van der Waals surface area contributed by atoms with Crippen molar-refractivity contribution in [3.63, 3.8) is 0 Å². The Morgan fingerprint density at radius 2 is 2.06 bits per heavy atom. The van der Waals surface area contributed by atoms with Gasteiger partial charge in [-0.3, -0.25) is 0 Å². The molecule has 0 aliphatic rings. The summed E-state index contributed by atoms with van der Waals surface area (Å²) in [5.74, 6) is 0.993. The zero-order chi connectivity index (χ0) is 11.4. The standard InChI is InChI=1S/C12H14N4/c1-2-9-5-3-4-6-10(9)15-11-7-8-14-12(13)16-11/h3-8H,2H2,1H3,(H3,13,14,15,16). The maximum Gasteiger partial charge on any atom is 0.221 e. The summed E-state index contributed by atoms with van der Waals surface area (Å²) in [7, 11) is 0. The molecule has 0 saturated carbocycles. The van der Waals surface area contributed by atoms with Gasteiger partial charge < -0.3 is 11.1 Å². The first-order chi connectivity index (χ1) is 7.79. The van der Waals surface area contributed by atoms with Crippen molar-refractivity contribution in [3.05, 3.63) is 42.1 Å². The van der Waals surface area contributed by atoms with Gasteiger partial charge >= 0.3 is 0 Å². The third kappa shape index (κ3) is 2.28. The van der Waals surface area contributed by atoms with Gasteiger partial charge in [0.2, 0.25) is 5.95 Å². The van der Waals surface area contributed by atoms with E-state index in [-0.39, 0.29) is 5.95 Å². The van der Waals surface area contributed by atoms with Gasteiger partial charge in [-0.05, 0) is 24.1 Å². The Kier molecular flexibility index (Phi) is 3.00. The first-order valence-corrected chi connectivity index (χ1v) is 5.23. The van der Waals surface area contributed by atoms with E-state index in [4.69, 9.17) is 5.73 Å². The van der Waals surface area contributed by atoms with Crippen molar-refractivity contribution < 1.29 is 0 Å². The highest BCUT2D eigenvalue weighted by Crippen LogP contribution is 2.19. The molecule has 0 radical (unpaired) electrons. The fourth-order valence-electron chi connectivity index (χ4n) is 1.53. The number of aryl methyl sites for hydroxylation is 1. The summed E-state index contributed by atoms with van der Waals surface area (Å²) in [4.78, 5) is 7.95. The molecular weight excluding hydrogens is 200 g/mol. The molecule has 0 atom stereocenters. The largest absolute Gasteiger partial charge is 0.368 e. The second-order valence-electron chi connectivity index (χ2n) is 3.44. The van der Waals surface area contributed by atoms with Crippen molar-refractivity contribution in [1.82, 2.24) is 9.97 Å². The molecule has 2 aromatic rings. The molecule has 0 spiro atoms. The number of para-hydroxylation sites is 1. The van der Waals surface area contributed by atoms with E-state index in [2.05, 4.69) is 28.3 Å². The molecule has 16 heavy (non-hydrogen) atoms.